The molecule has 0 radical (unpaired) electrons. The number of carboxylic acids is 1. The number of rotatable bonds is 2. The van der Waals surface area contributed by atoms with Crippen molar-refractivity contribution in [3.05, 3.63) is 33.4 Å². The molecule has 6 heteroatoms. The Bertz CT molecular complexity index is 376. The van der Waals surface area contributed by atoms with E-state index >= 15 is 0 Å². The van der Waals surface area contributed by atoms with E-state index in [0.717, 1.165) is 0 Å². The quantitative estimate of drug-likeness (QED) is 0.764. The van der Waals surface area contributed by atoms with Gasteiger partial charge in [0.15, 0.2) is 0 Å². The maximum Gasteiger partial charge on any atom is 0.341 e. The normalized spacial score (nSPS) is 9.31. The van der Waals surface area contributed by atoms with Crippen LogP contribution in [0.15, 0.2) is 24.3 Å². The highest BCUT2D eigenvalue weighted by molar-refractivity contribution is 14.2. The molecule has 0 amide bonds. The minimum atomic E-state index is -3.67. The van der Waals surface area contributed by atoms with E-state index in [4.69, 9.17) is 5.11 Å². The van der Waals surface area contributed by atoms with Gasteiger partial charge in [-0.3, -0.25) is 0 Å². The summed E-state index contributed by atoms with van der Waals surface area (Å²) in [5, 5.41) is 8.56. The molecule has 0 aromatic heterocycles. The predicted molar refractivity (Wildman–Crippen MR) is 62.9 cm³/mol. The van der Waals surface area contributed by atoms with Crippen molar-refractivity contribution in [1.29, 1.82) is 0 Å². The van der Waals surface area contributed by atoms with Crippen molar-refractivity contribution in [1.82, 2.24) is 0 Å². The molecule has 0 spiro atoms. The fraction of sp³-hybridized carbons (Fsp3) is 0. The SMILES string of the molecule is I.O=C(O)c1ccccc1I(=O)=O. The lowest BCUT2D eigenvalue weighted by Gasteiger charge is -1.94. The zero-order chi connectivity index (χ0) is 9.14. The third kappa shape index (κ3) is 3.18. The number of hydrogen-bond donors (Lipinski definition) is 1. The van der Waals surface area contributed by atoms with E-state index in [-0.39, 0.29) is 33.1 Å². The first-order valence-corrected chi connectivity index (χ1v) is 5.84. The van der Waals surface area contributed by atoms with Crippen molar-refractivity contribution in [2.45, 2.75) is 0 Å². The summed E-state index contributed by atoms with van der Waals surface area (Å²) >= 11 is -3.67. The van der Waals surface area contributed by atoms with E-state index < -0.39 is 25.8 Å². The second-order valence-corrected chi connectivity index (χ2v) is 4.40. The van der Waals surface area contributed by atoms with Gasteiger partial charge in [-0.1, -0.05) is 12.1 Å². The highest BCUT2D eigenvalue weighted by Crippen LogP contribution is 2.20. The van der Waals surface area contributed by atoms with E-state index in [0.29, 0.717) is 0 Å². The predicted octanol–water partition coefficient (Wildman–Crippen LogP) is 2.37. The van der Waals surface area contributed by atoms with E-state index in [1.54, 1.807) is 0 Å². The minimum Gasteiger partial charge on any atom is -0.478 e. The van der Waals surface area contributed by atoms with Crippen LogP contribution in [0.2, 0.25) is 0 Å². The number of aromatic carboxylic acids is 1. The van der Waals surface area contributed by atoms with Crippen LogP contribution in [0.3, 0.4) is 0 Å². The summed E-state index contributed by atoms with van der Waals surface area (Å²) in [6.45, 7) is 0. The van der Waals surface area contributed by atoms with Gasteiger partial charge in [-0.15, -0.1) is 24.0 Å². The minimum absolute atomic E-state index is 0. The second-order valence-electron chi connectivity index (χ2n) is 2.00. The molecule has 0 heterocycles. The molecule has 1 aromatic rings. The van der Waals surface area contributed by atoms with Gasteiger partial charge < -0.3 is 5.11 Å². The third-order valence-corrected chi connectivity index (χ3v) is 3.16. The molecule has 0 aliphatic rings. The first-order valence-electron chi connectivity index (χ1n) is 3.00. The summed E-state index contributed by atoms with van der Waals surface area (Å²) in [7, 11) is 0. The van der Waals surface area contributed by atoms with Crippen molar-refractivity contribution in [3.63, 3.8) is 0 Å². The maximum absolute atomic E-state index is 10.6. The molecule has 0 atom stereocenters. The van der Waals surface area contributed by atoms with E-state index in [2.05, 4.69) is 0 Å². The number of hydrogen-bond acceptors (Lipinski definition) is 3. The highest BCUT2D eigenvalue weighted by Gasteiger charge is 2.11. The molecule has 0 fully saturated rings. The van der Waals surface area contributed by atoms with Crippen LogP contribution in [0.25, 0.3) is 0 Å². The van der Waals surface area contributed by atoms with Crippen LogP contribution >= 0.6 is 43.8 Å². The van der Waals surface area contributed by atoms with Gasteiger partial charge in [-0.25, -0.2) is 10.9 Å². The van der Waals surface area contributed by atoms with Crippen molar-refractivity contribution in [3.8, 4) is 0 Å². The van der Waals surface area contributed by atoms with Crippen molar-refractivity contribution in [2.24, 2.45) is 0 Å². The fourth-order valence-electron chi connectivity index (χ4n) is 0.769. The molecule has 0 aliphatic carbocycles. The lowest BCUT2D eigenvalue weighted by molar-refractivity contribution is 0.0695. The van der Waals surface area contributed by atoms with Gasteiger partial charge in [0.2, 0.25) is 0 Å². The van der Waals surface area contributed by atoms with Gasteiger partial charge in [-0.2, -0.15) is 0 Å². The molecule has 0 bridgehead atoms. The largest absolute Gasteiger partial charge is 0.478 e. The summed E-state index contributed by atoms with van der Waals surface area (Å²) in [5.74, 6) is -1.21. The zero-order valence-electron chi connectivity index (χ0n) is 6.27. The molecule has 4 nitrogen and oxygen atoms in total. The van der Waals surface area contributed by atoms with Crippen molar-refractivity contribution < 1.29 is 16.0 Å². The Hall–Kier alpha value is -0.250. The van der Waals surface area contributed by atoms with E-state index in [1.165, 1.54) is 24.3 Å². The lowest BCUT2D eigenvalue weighted by Crippen LogP contribution is -1.98. The second kappa shape index (κ2) is 5.47. The number of halogens is 2. The summed E-state index contributed by atoms with van der Waals surface area (Å²) in [6, 6.07) is 5.57. The molecule has 0 saturated carbocycles. The molecule has 13 heavy (non-hydrogen) atoms. The molecule has 1 aromatic carbocycles. The number of carbonyl (C=O) groups is 1. The molecule has 0 unspecified atom stereocenters. The van der Waals surface area contributed by atoms with Gasteiger partial charge >= 0.3 is 25.8 Å². The maximum atomic E-state index is 10.6. The zero-order valence-corrected chi connectivity index (χ0v) is 10.8. The third-order valence-electron chi connectivity index (χ3n) is 1.27. The Balaban J connectivity index is 0.00000144. The standard InChI is InChI=1S/C7H5IO4.HI/c9-7(10)5-3-1-2-4-6(5)8(11)12;/h1-4H,(H,9,10);1H. The average molecular weight is 408 g/mol. The van der Waals surface area contributed by atoms with Crippen molar-refractivity contribution >= 4 is 49.7 Å². The summed E-state index contributed by atoms with van der Waals surface area (Å²) in [4.78, 5) is 10.5. The van der Waals surface area contributed by atoms with Gasteiger partial charge in [-0.05, 0) is 12.1 Å². The molecule has 72 valence electrons. The Morgan fingerprint density at radius 1 is 1.23 bits per heavy atom. The van der Waals surface area contributed by atoms with Crippen LogP contribution in [0.1, 0.15) is 10.4 Å². The summed E-state index contributed by atoms with van der Waals surface area (Å²) < 4.78 is 21.1. The Labute approximate surface area is 98.5 Å². The first-order chi connectivity index (χ1) is 5.63. The molecular formula is C7H6I2O4. The highest BCUT2D eigenvalue weighted by atomic mass is 127. The average Bonchev–Trinajstić information content (AvgIpc) is 2.04. The Morgan fingerprint density at radius 2 is 1.77 bits per heavy atom. The summed E-state index contributed by atoms with van der Waals surface area (Å²) in [5.41, 5.74) is -0.146. The lowest BCUT2D eigenvalue weighted by atomic mass is 10.2. The Morgan fingerprint density at radius 3 is 2.15 bits per heavy atom. The molecule has 0 saturated heterocycles. The van der Waals surface area contributed by atoms with Gasteiger partial charge in [0.05, 0.1) is 9.13 Å². The molecule has 1 rings (SSSR count). The van der Waals surface area contributed by atoms with Crippen LogP contribution in [-0.2, 0) is 6.14 Å². The smallest absolute Gasteiger partial charge is 0.341 e. The van der Waals surface area contributed by atoms with Crippen LogP contribution in [0.5, 0.6) is 0 Å². The van der Waals surface area contributed by atoms with Crippen molar-refractivity contribution in [2.75, 3.05) is 0 Å². The van der Waals surface area contributed by atoms with Gasteiger partial charge in [0.1, 0.15) is 0 Å². The van der Waals surface area contributed by atoms with E-state index in [1.807, 2.05) is 0 Å². The topological polar surface area (TPSA) is 71.4 Å². The van der Waals surface area contributed by atoms with Gasteiger partial charge in [0.25, 0.3) is 0 Å². The van der Waals surface area contributed by atoms with Gasteiger partial charge in [0, 0.05) is 0 Å². The molecule has 1 N–H and O–H groups in total. The molecule has 0 aliphatic heterocycles. The van der Waals surface area contributed by atoms with E-state index in [9.17, 15) is 10.9 Å². The fourth-order valence-corrected chi connectivity index (χ4v) is 2.16. The number of carboxylic acid groups (broad SMARTS) is 1. The van der Waals surface area contributed by atoms with Crippen LogP contribution in [0.4, 0.5) is 0 Å². The number of benzene rings is 1. The van der Waals surface area contributed by atoms with Crippen LogP contribution < -0.4 is 0 Å². The monoisotopic (exact) mass is 408 g/mol. The molecular weight excluding hydrogens is 402 g/mol. The Kier molecular flexibility index (Phi) is 5.37. The first kappa shape index (κ1) is 12.8. The summed E-state index contributed by atoms with van der Waals surface area (Å²) in [6.07, 6.45) is 0. The van der Waals surface area contributed by atoms with Crippen LogP contribution in [-0.4, -0.2) is 11.1 Å². The van der Waals surface area contributed by atoms with Crippen LogP contribution in [0, 0.1) is 3.57 Å².